The summed E-state index contributed by atoms with van der Waals surface area (Å²) in [5.41, 5.74) is 0. The molecular formula is C10H20N2O4. The van der Waals surface area contributed by atoms with E-state index < -0.39 is 17.9 Å². The summed E-state index contributed by atoms with van der Waals surface area (Å²) in [5, 5.41) is 20.0. The molecule has 3 N–H and O–H groups in total. The maximum Gasteiger partial charge on any atom is 0.311 e. The minimum Gasteiger partial charge on any atom is -0.395 e. The zero-order chi connectivity index (χ0) is 12.6. The van der Waals surface area contributed by atoms with E-state index in [9.17, 15) is 9.59 Å². The third-order valence-corrected chi connectivity index (χ3v) is 2.28. The Labute approximate surface area is 95.2 Å². The van der Waals surface area contributed by atoms with Gasteiger partial charge in [-0.05, 0) is 13.3 Å². The van der Waals surface area contributed by atoms with Gasteiger partial charge in [0.2, 0.25) is 0 Å². The molecular weight excluding hydrogens is 212 g/mol. The standard InChI is InChI=1S/C10H20N2O4/c1-3-8(7-14)11-9(15)10(16)12(4-2)5-6-13/h8,13-14H,3-7H2,1-2H3,(H,11,15). The molecule has 0 aliphatic heterocycles. The quantitative estimate of drug-likeness (QED) is 0.497. The van der Waals surface area contributed by atoms with E-state index in [1.807, 2.05) is 0 Å². The Morgan fingerprint density at radius 3 is 2.31 bits per heavy atom. The molecule has 0 aliphatic carbocycles. The van der Waals surface area contributed by atoms with Crippen molar-refractivity contribution in [2.75, 3.05) is 26.3 Å². The molecule has 94 valence electrons. The van der Waals surface area contributed by atoms with Crippen LogP contribution < -0.4 is 5.32 Å². The van der Waals surface area contributed by atoms with Crippen LogP contribution in [0.15, 0.2) is 0 Å². The lowest BCUT2D eigenvalue weighted by atomic mass is 10.2. The van der Waals surface area contributed by atoms with Crippen molar-refractivity contribution in [3.63, 3.8) is 0 Å². The number of likely N-dealkylation sites (N-methyl/N-ethyl adjacent to an activating group) is 1. The molecule has 0 spiro atoms. The highest BCUT2D eigenvalue weighted by Crippen LogP contribution is 1.93. The Balaban J connectivity index is 4.30. The van der Waals surface area contributed by atoms with Gasteiger partial charge in [-0.1, -0.05) is 6.92 Å². The van der Waals surface area contributed by atoms with Gasteiger partial charge in [0.25, 0.3) is 0 Å². The van der Waals surface area contributed by atoms with E-state index >= 15 is 0 Å². The first-order chi connectivity index (χ1) is 7.60. The molecule has 0 saturated heterocycles. The van der Waals surface area contributed by atoms with Crippen LogP contribution in [0.1, 0.15) is 20.3 Å². The molecule has 0 heterocycles. The lowest BCUT2D eigenvalue weighted by Crippen LogP contribution is -2.48. The molecule has 0 rings (SSSR count). The summed E-state index contributed by atoms with van der Waals surface area (Å²) in [5.74, 6) is -1.42. The predicted octanol–water partition coefficient (Wildman–Crippen LogP) is -1.29. The van der Waals surface area contributed by atoms with Crippen LogP contribution in [-0.4, -0.2) is 59.3 Å². The Bertz CT molecular complexity index is 229. The van der Waals surface area contributed by atoms with Gasteiger partial charge in [0.1, 0.15) is 0 Å². The zero-order valence-corrected chi connectivity index (χ0v) is 9.77. The number of carbonyl (C=O) groups is 2. The van der Waals surface area contributed by atoms with Crippen molar-refractivity contribution in [1.82, 2.24) is 10.2 Å². The molecule has 16 heavy (non-hydrogen) atoms. The summed E-state index contributed by atoms with van der Waals surface area (Å²) in [6, 6.07) is -0.399. The van der Waals surface area contributed by atoms with Crippen LogP contribution in [0, 0.1) is 0 Å². The van der Waals surface area contributed by atoms with Crippen LogP contribution in [-0.2, 0) is 9.59 Å². The summed E-state index contributed by atoms with van der Waals surface area (Å²) in [4.78, 5) is 24.3. The summed E-state index contributed by atoms with van der Waals surface area (Å²) in [7, 11) is 0. The molecule has 0 fully saturated rings. The van der Waals surface area contributed by atoms with Gasteiger partial charge in [-0.25, -0.2) is 0 Å². The number of nitrogens with zero attached hydrogens (tertiary/aromatic N) is 1. The average Bonchev–Trinajstić information content (AvgIpc) is 2.31. The summed E-state index contributed by atoms with van der Waals surface area (Å²) in [6.07, 6.45) is 0.557. The number of hydrogen-bond donors (Lipinski definition) is 3. The zero-order valence-electron chi connectivity index (χ0n) is 9.77. The molecule has 0 bridgehead atoms. The molecule has 0 aromatic carbocycles. The van der Waals surface area contributed by atoms with Gasteiger partial charge in [0, 0.05) is 13.1 Å². The monoisotopic (exact) mass is 232 g/mol. The minimum absolute atomic E-state index is 0.138. The van der Waals surface area contributed by atoms with Gasteiger partial charge < -0.3 is 20.4 Å². The predicted molar refractivity (Wildman–Crippen MR) is 58.6 cm³/mol. The van der Waals surface area contributed by atoms with Crippen LogP contribution in [0.2, 0.25) is 0 Å². The van der Waals surface area contributed by atoms with Gasteiger partial charge in [-0.15, -0.1) is 0 Å². The van der Waals surface area contributed by atoms with Crippen molar-refractivity contribution < 1.29 is 19.8 Å². The van der Waals surface area contributed by atoms with Gasteiger partial charge >= 0.3 is 11.8 Å². The fourth-order valence-electron chi connectivity index (χ4n) is 1.19. The summed E-state index contributed by atoms with van der Waals surface area (Å²) in [6.45, 7) is 3.66. The number of rotatable bonds is 6. The smallest absolute Gasteiger partial charge is 0.311 e. The van der Waals surface area contributed by atoms with E-state index in [0.717, 1.165) is 0 Å². The van der Waals surface area contributed by atoms with Crippen LogP contribution >= 0.6 is 0 Å². The second kappa shape index (κ2) is 8.06. The third kappa shape index (κ3) is 4.59. The van der Waals surface area contributed by atoms with Crippen molar-refractivity contribution in [3.8, 4) is 0 Å². The maximum absolute atomic E-state index is 11.6. The first-order valence-corrected chi connectivity index (χ1v) is 5.42. The fourth-order valence-corrected chi connectivity index (χ4v) is 1.19. The first kappa shape index (κ1) is 14.9. The second-order valence-electron chi connectivity index (χ2n) is 3.37. The normalized spacial score (nSPS) is 12.0. The highest BCUT2D eigenvalue weighted by Gasteiger charge is 2.21. The highest BCUT2D eigenvalue weighted by atomic mass is 16.3. The van der Waals surface area contributed by atoms with Crippen molar-refractivity contribution in [2.45, 2.75) is 26.3 Å². The molecule has 1 unspecified atom stereocenters. The molecule has 0 aromatic heterocycles. The number of amides is 2. The van der Waals surface area contributed by atoms with Crippen LogP contribution in [0.3, 0.4) is 0 Å². The van der Waals surface area contributed by atoms with Crippen LogP contribution in [0.5, 0.6) is 0 Å². The van der Waals surface area contributed by atoms with E-state index in [2.05, 4.69) is 5.32 Å². The number of carbonyl (C=O) groups excluding carboxylic acids is 2. The molecule has 6 heteroatoms. The molecule has 0 radical (unpaired) electrons. The largest absolute Gasteiger partial charge is 0.395 e. The van der Waals surface area contributed by atoms with Crippen LogP contribution in [0.25, 0.3) is 0 Å². The minimum atomic E-state index is -0.740. The molecule has 0 saturated carbocycles. The number of aliphatic hydroxyl groups excluding tert-OH is 2. The van der Waals surface area contributed by atoms with Crippen LogP contribution in [0.4, 0.5) is 0 Å². The molecule has 1 atom stereocenters. The number of nitrogens with one attached hydrogen (secondary N) is 1. The molecule has 0 aliphatic rings. The third-order valence-electron chi connectivity index (χ3n) is 2.28. The molecule has 2 amide bonds. The Morgan fingerprint density at radius 2 is 1.94 bits per heavy atom. The van der Waals surface area contributed by atoms with E-state index in [4.69, 9.17) is 10.2 Å². The highest BCUT2D eigenvalue weighted by molar-refractivity contribution is 6.35. The Morgan fingerprint density at radius 1 is 1.31 bits per heavy atom. The van der Waals surface area contributed by atoms with Crippen molar-refractivity contribution in [3.05, 3.63) is 0 Å². The van der Waals surface area contributed by atoms with E-state index in [-0.39, 0.29) is 19.8 Å². The van der Waals surface area contributed by atoms with Gasteiger partial charge in [0.15, 0.2) is 0 Å². The molecule has 6 nitrogen and oxygen atoms in total. The Kier molecular flexibility index (Phi) is 7.49. The first-order valence-electron chi connectivity index (χ1n) is 5.42. The maximum atomic E-state index is 11.6. The topological polar surface area (TPSA) is 89.9 Å². The summed E-state index contributed by atoms with van der Waals surface area (Å²) >= 11 is 0. The number of aliphatic hydroxyl groups is 2. The lowest BCUT2D eigenvalue weighted by Gasteiger charge is -2.20. The second-order valence-corrected chi connectivity index (χ2v) is 3.37. The van der Waals surface area contributed by atoms with Gasteiger partial charge in [-0.3, -0.25) is 9.59 Å². The fraction of sp³-hybridized carbons (Fsp3) is 0.800. The van der Waals surface area contributed by atoms with E-state index in [1.165, 1.54) is 4.90 Å². The Hall–Kier alpha value is -1.14. The molecule has 0 aromatic rings. The SMILES string of the molecule is CCC(CO)NC(=O)C(=O)N(CC)CCO. The van der Waals surface area contributed by atoms with E-state index in [1.54, 1.807) is 13.8 Å². The average molecular weight is 232 g/mol. The van der Waals surface area contributed by atoms with Gasteiger partial charge in [-0.2, -0.15) is 0 Å². The summed E-state index contributed by atoms with van der Waals surface area (Å²) < 4.78 is 0. The van der Waals surface area contributed by atoms with Crippen molar-refractivity contribution in [1.29, 1.82) is 0 Å². The lowest BCUT2D eigenvalue weighted by molar-refractivity contribution is -0.146. The van der Waals surface area contributed by atoms with Gasteiger partial charge in [0.05, 0.1) is 19.3 Å². The van der Waals surface area contributed by atoms with E-state index in [0.29, 0.717) is 13.0 Å². The van der Waals surface area contributed by atoms with Crippen molar-refractivity contribution in [2.24, 2.45) is 0 Å². The number of hydrogen-bond acceptors (Lipinski definition) is 4. The van der Waals surface area contributed by atoms with Crippen molar-refractivity contribution >= 4 is 11.8 Å².